The summed E-state index contributed by atoms with van der Waals surface area (Å²) in [6.07, 6.45) is 0.827. The summed E-state index contributed by atoms with van der Waals surface area (Å²) in [4.78, 5) is 17.9. The Hall–Kier alpha value is -2.17. The van der Waals surface area contributed by atoms with E-state index in [0.29, 0.717) is 6.54 Å². The lowest BCUT2D eigenvalue weighted by Crippen LogP contribution is -2.34. The van der Waals surface area contributed by atoms with E-state index < -0.39 is 0 Å². The van der Waals surface area contributed by atoms with Crippen molar-refractivity contribution in [3.63, 3.8) is 0 Å². The number of H-pyrrole nitrogens is 1. The minimum atomic E-state index is 0.106. The van der Waals surface area contributed by atoms with Crippen molar-refractivity contribution in [2.75, 3.05) is 6.54 Å². The Morgan fingerprint density at radius 1 is 1.42 bits per heavy atom. The van der Waals surface area contributed by atoms with Crippen LogP contribution < -0.4 is 0 Å². The zero-order valence-electron chi connectivity index (χ0n) is 11.1. The van der Waals surface area contributed by atoms with E-state index in [1.807, 2.05) is 30.0 Å². The van der Waals surface area contributed by atoms with Crippen molar-refractivity contribution in [1.82, 2.24) is 20.1 Å². The Balaban J connectivity index is 2.01. The molecule has 98 valence electrons. The molecule has 0 saturated heterocycles. The van der Waals surface area contributed by atoms with Gasteiger partial charge in [-0.25, -0.2) is 0 Å². The minimum Gasteiger partial charge on any atom is -0.338 e. The molecule has 3 rings (SSSR count). The van der Waals surface area contributed by atoms with E-state index in [1.54, 1.807) is 6.92 Å². The molecule has 0 saturated carbocycles. The topological polar surface area (TPSA) is 61.9 Å². The molecular weight excluding hydrogens is 240 g/mol. The number of aromatic amines is 1. The number of aromatic nitrogens is 3. The molecule has 0 radical (unpaired) electrons. The molecule has 0 atom stereocenters. The maximum Gasteiger partial charge on any atom is 0.219 e. The zero-order chi connectivity index (χ0) is 13.4. The van der Waals surface area contributed by atoms with Gasteiger partial charge in [0.15, 0.2) is 0 Å². The highest BCUT2D eigenvalue weighted by atomic mass is 16.2. The fourth-order valence-corrected chi connectivity index (χ4v) is 2.45. The van der Waals surface area contributed by atoms with E-state index in [2.05, 4.69) is 15.2 Å². The zero-order valence-corrected chi connectivity index (χ0v) is 11.1. The normalized spacial score (nSPS) is 14.3. The van der Waals surface area contributed by atoms with Crippen molar-refractivity contribution < 1.29 is 4.79 Å². The molecular formula is C14H16N4O. The fraction of sp³-hybridized carbons (Fsp3) is 0.357. The first-order chi connectivity index (χ1) is 9.15. The number of nitrogens with one attached hydrogen (secondary N) is 1. The van der Waals surface area contributed by atoms with Gasteiger partial charge in [-0.2, -0.15) is 5.10 Å². The number of hydrogen-bond acceptors (Lipinski definition) is 3. The van der Waals surface area contributed by atoms with E-state index >= 15 is 0 Å². The molecule has 0 aromatic carbocycles. The first-order valence-corrected chi connectivity index (χ1v) is 6.41. The smallest absolute Gasteiger partial charge is 0.219 e. The second-order valence-corrected chi connectivity index (χ2v) is 4.88. The number of carbonyl (C=O) groups is 1. The monoisotopic (exact) mass is 256 g/mol. The summed E-state index contributed by atoms with van der Waals surface area (Å²) in [5.74, 6) is 0.106. The molecule has 0 bridgehead atoms. The number of amides is 1. The van der Waals surface area contributed by atoms with E-state index in [4.69, 9.17) is 0 Å². The molecule has 0 spiro atoms. The standard InChI is InChI=1S/C14H16N4O/c1-9-4-3-5-13(15-9)14-11-8-18(10(2)19)7-6-12(11)16-17-14/h3-5H,6-8H2,1-2H3,(H,16,17). The van der Waals surface area contributed by atoms with E-state index in [1.165, 1.54) is 0 Å². The maximum absolute atomic E-state index is 11.5. The number of fused-ring (bicyclic) bond motifs is 1. The van der Waals surface area contributed by atoms with Gasteiger partial charge in [-0.1, -0.05) is 6.07 Å². The molecule has 0 aliphatic carbocycles. The van der Waals surface area contributed by atoms with Crippen LogP contribution in [0.2, 0.25) is 0 Å². The van der Waals surface area contributed by atoms with Crippen LogP contribution in [0.25, 0.3) is 11.4 Å². The Morgan fingerprint density at radius 3 is 3.00 bits per heavy atom. The molecule has 1 aliphatic heterocycles. The van der Waals surface area contributed by atoms with Gasteiger partial charge in [-0.05, 0) is 19.1 Å². The second-order valence-electron chi connectivity index (χ2n) is 4.88. The molecule has 0 unspecified atom stereocenters. The first-order valence-electron chi connectivity index (χ1n) is 6.41. The lowest BCUT2D eigenvalue weighted by molar-refractivity contribution is -0.129. The summed E-state index contributed by atoms with van der Waals surface area (Å²) in [6.45, 7) is 4.94. The predicted molar refractivity (Wildman–Crippen MR) is 71.4 cm³/mol. The average molecular weight is 256 g/mol. The van der Waals surface area contributed by atoms with Crippen LogP contribution in [0, 0.1) is 6.92 Å². The van der Waals surface area contributed by atoms with Crippen LogP contribution in [0.1, 0.15) is 23.9 Å². The summed E-state index contributed by atoms with van der Waals surface area (Å²) in [5.41, 5.74) is 4.91. The summed E-state index contributed by atoms with van der Waals surface area (Å²) >= 11 is 0. The van der Waals surface area contributed by atoms with Gasteiger partial charge >= 0.3 is 0 Å². The van der Waals surface area contributed by atoms with E-state index in [-0.39, 0.29) is 5.91 Å². The van der Waals surface area contributed by atoms with Crippen molar-refractivity contribution in [3.8, 4) is 11.4 Å². The Morgan fingerprint density at radius 2 is 2.26 bits per heavy atom. The SMILES string of the molecule is CC(=O)N1CCc2[nH]nc(-c3cccc(C)n3)c2C1. The molecule has 0 fully saturated rings. The first kappa shape index (κ1) is 11.9. The fourth-order valence-electron chi connectivity index (χ4n) is 2.45. The van der Waals surface area contributed by atoms with Gasteiger partial charge in [0.05, 0.1) is 5.69 Å². The van der Waals surface area contributed by atoms with E-state index in [0.717, 1.165) is 41.3 Å². The van der Waals surface area contributed by atoms with Gasteiger partial charge in [0.25, 0.3) is 0 Å². The summed E-state index contributed by atoms with van der Waals surface area (Å²) in [7, 11) is 0. The highest BCUT2D eigenvalue weighted by molar-refractivity contribution is 5.74. The second kappa shape index (κ2) is 4.50. The number of pyridine rings is 1. The third kappa shape index (κ3) is 2.12. The summed E-state index contributed by atoms with van der Waals surface area (Å²) < 4.78 is 0. The third-order valence-corrected chi connectivity index (χ3v) is 3.51. The molecule has 1 N–H and O–H groups in total. The van der Waals surface area contributed by atoms with Gasteiger partial charge in [0.1, 0.15) is 5.69 Å². The lowest BCUT2D eigenvalue weighted by atomic mass is 10.0. The van der Waals surface area contributed by atoms with Gasteiger partial charge in [0.2, 0.25) is 5.91 Å². The maximum atomic E-state index is 11.5. The largest absolute Gasteiger partial charge is 0.338 e. The highest BCUT2D eigenvalue weighted by Gasteiger charge is 2.24. The Bertz CT molecular complexity index is 632. The Labute approximate surface area is 111 Å². The van der Waals surface area contributed by atoms with Crippen molar-refractivity contribution >= 4 is 5.91 Å². The highest BCUT2D eigenvalue weighted by Crippen LogP contribution is 2.27. The predicted octanol–water partition coefficient (Wildman–Crippen LogP) is 1.68. The van der Waals surface area contributed by atoms with Gasteiger partial charge in [-0.15, -0.1) is 0 Å². The molecule has 1 amide bonds. The number of carbonyl (C=O) groups excluding carboxylic acids is 1. The quantitative estimate of drug-likeness (QED) is 0.844. The van der Waals surface area contributed by atoms with Crippen LogP contribution in [0.5, 0.6) is 0 Å². The van der Waals surface area contributed by atoms with Crippen LogP contribution >= 0.6 is 0 Å². The number of nitrogens with zero attached hydrogens (tertiary/aromatic N) is 3. The summed E-state index contributed by atoms with van der Waals surface area (Å²) in [5, 5.41) is 7.45. The molecule has 19 heavy (non-hydrogen) atoms. The van der Waals surface area contributed by atoms with Gasteiger partial charge < -0.3 is 4.90 Å². The Kier molecular flexibility index (Phi) is 2.81. The molecule has 2 aromatic rings. The number of rotatable bonds is 1. The third-order valence-electron chi connectivity index (χ3n) is 3.51. The number of hydrogen-bond donors (Lipinski definition) is 1. The minimum absolute atomic E-state index is 0.106. The van der Waals surface area contributed by atoms with Gasteiger partial charge in [-0.3, -0.25) is 14.9 Å². The molecule has 1 aliphatic rings. The molecule has 2 aromatic heterocycles. The average Bonchev–Trinajstić information content (AvgIpc) is 2.81. The van der Waals surface area contributed by atoms with Crippen LogP contribution in [0.15, 0.2) is 18.2 Å². The molecule has 5 nitrogen and oxygen atoms in total. The van der Waals surface area contributed by atoms with Crippen molar-refractivity contribution in [2.45, 2.75) is 26.8 Å². The summed E-state index contributed by atoms with van der Waals surface area (Å²) in [6, 6.07) is 5.89. The van der Waals surface area contributed by atoms with Gasteiger partial charge in [0, 0.05) is 43.4 Å². The van der Waals surface area contributed by atoms with Crippen LogP contribution in [0.3, 0.4) is 0 Å². The lowest BCUT2D eigenvalue weighted by Gasteiger charge is -2.25. The van der Waals surface area contributed by atoms with Crippen LogP contribution in [-0.2, 0) is 17.8 Å². The van der Waals surface area contributed by atoms with Crippen molar-refractivity contribution in [1.29, 1.82) is 0 Å². The molecule has 3 heterocycles. The van der Waals surface area contributed by atoms with Crippen molar-refractivity contribution in [3.05, 3.63) is 35.2 Å². The van der Waals surface area contributed by atoms with Crippen LogP contribution in [0.4, 0.5) is 0 Å². The molecule has 5 heteroatoms. The van der Waals surface area contributed by atoms with E-state index in [9.17, 15) is 4.79 Å². The number of aryl methyl sites for hydroxylation is 1. The van der Waals surface area contributed by atoms with Crippen LogP contribution in [-0.4, -0.2) is 32.5 Å². The van der Waals surface area contributed by atoms with Crippen molar-refractivity contribution in [2.24, 2.45) is 0 Å².